The number of carbonyl (C=O) groups excluding carboxylic acids is 1. The Kier molecular flexibility index (Phi) is 4.78. The molecule has 7 nitrogen and oxygen atoms in total. The van der Waals surface area contributed by atoms with Crippen LogP contribution in [0.4, 0.5) is 16.3 Å². The van der Waals surface area contributed by atoms with Gasteiger partial charge >= 0.3 is 6.03 Å². The number of nitrogens with zero attached hydrogens (tertiary/aromatic N) is 5. The molecule has 3 aromatic rings. The third kappa shape index (κ3) is 3.47. The van der Waals surface area contributed by atoms with Gasteiger partial charge in [-0.3, -0.25) is 14.9 Å². The van der Waals surface area contributed by atoms with Gasteiger partial charge in [-0.1, -0.05) is 6.07 Å². The number of nitrogens with one attached hydrogen (secondary N) is 1. The fourth-order valence-corrected chi connectivity index (χ4v) is 4.28. The van der Waals surface area contributed by atoms with Gasteiger partial charge in [0.25, 0.3) is 0 Å². The summed E-state index contributed by atoms with van der Waals surface area (Å²) in [6.07, 6.45) is 7.09. The molecule has 0 aliphatic carbocycles. The van der Waals surface area contributed by atoms with Gasteiger partial charge in [0.15, 0.2) is 5.82 Å². The molecule has 7 heteroatoms. The minimum atomic E-state index is -0.0813. The average Bonchev–Trinajstić information content (AvgIpc) is 3.18. The highest BCUT2D eigenvalue weighted by Gasteiger charge is 2.40. The summed E-state index contributed by atoms with van der Waals surface area (Å²) in [6.45, 7) is 4.34. The summed E-state index contributed by atoms with van der Waals surface area (Å²) in [5.41, 5.74) is 4.95. The van der Waals surface area contributed by atoms with E-state index in [9.17, 15) is 4.79 Å². The van der Waals surface area contributed by atoms with E-state index in [1.807, 2.05) is 48.4 Å². The minimum Gasteiger partial charge on any atom is -0.366 e. The molecule has 0 aromatic carbocycles. The molecule has 0 spiro atoms. The SMILES string of the molecule is Cc1cc(-c2ccc3c(n2)N(C(=O)NCCc2cccnc2)C2CCN3C2)ccn1. The summed E-state index contributed by atoms with van der Waals surface area (Å²) in [6, 6.07) is 12.1. The number of hydrogen-bond acceptors (Lipinski definition) is 5. The maximum absolute atomic E-state index is 13.2. The van der Waals surface area contributed by atoms with Crippen LogP contribution in [0.1, 0.15) is 17.7 Å². The van der Waals surface area contributed by atoms with Gasteiger partial charge in [0.05, 0.1) is 17.4 Å². The van der Waals surface area contributed by atoms with Crippen molar-refractivity contribution in [1.82, 2.24) is 20.3 Å². The Morgan fingerprint density at radius 3 is 3.00 bits per heavy atom. The smallest absolute Gasteiger partial charge is 0.323 e. The number of fused-ring (bicyclic) bond motifs is 4. The molecule has 5 rings (SSSR count). The maximum Gasteiger partial charge on any atom is 0.323 e. The molecule has 1 N–H and O–H groups in total. The number of aryl methyl sites for hydroxylation is 1. The predicted molar refractivity (Wildman–Crippen MR) is 117 cm³/mol. The van der Waals surface area contributed by atoms with Gasteiger partial charge < -0.3 is 10.2 Å². The zero-order valence-corrected chi connectivity index (χ0v) is 17.0. The molecule has 3 aromatic heterocycles. The van der Waals surface area contributed by atoms with Crippen molar-refractivity contribution in [3.63, 3.8) is 0 Å². The molecule has 2 amide bonds. The Labute approximate surface area is 175 Å². The van der Waals surface area contributed by atoms with Crippen molar-refractivity contribution < 1.29 is 4.79 Å². The summed E-state index contributed by atoms with van der Waals surface area (Å²) in [4.78, 5) is 30.7. The Hall–Kier alpha value is -3.48. The van der Waals surface area contributed by atoms with Crippen LogP contribution >= 0.6 is 0 Å². The monoisotopic (exact) mass is 400 g/mol. The summed E-state index contributed by atoms with van der Waals surface area (Å²) in [5.74, 6) is 0.745. The largest absolute Gasteiger partial charge is 0.366 e. The van der Waals surface area contributed by atoms with Gasteiger partial charge in [0.2, 0.25) is 0 Å². The zero-order chi connectivity index (χ0) is 20.5. The van der Waals surface area contributed by atoms with Gasteiger partial charge in [-0.15, -0.1) is 0 Å². The van der Waals surface area contributed by atoms with E-state index in [4.69, 9.17) is 4.98 Å². The summed E-state index contributed by atoms with van der Waals surface area (Å²) in [7, 11) is 0. The van der Waals surface area contributed by atoms with Crippen LogP contribution in [-0.4, -0.2) is 46.7 Å². The lowest BCUT2D eigenvalue weighted by Crippen LogP contribution is -2.51. The van der Waals surface area contributed by atoms with Crippen LogP contribution in [0.2, 0.25) is 0 Å². The molecule has 1 unspecified atom stereocenters. The second-order valence-electron chi connectivity index (χ2n) is 7.83. The standard InChI is InChI=1S/C23H24N6O/c1-16-13-18(7-11-25-16)20-4-5-21-22(27-20)29(19-8-12-28(21)15-19)23(30)26-10-6-17-3-2-9-24-14-17/h2-5,7,9,11,13-14,19H,6,8,10,12,15H2,1H3,(H,26,30). The predicted octanol–water partition coefficient (Wildman–Crippen LogP) is 3.20. The third-order valence-corrected chi connectivity index (χ3v) is 5.78. The molecule has 0 saturated carbocycles. The van der Waals surface area contributed by atoms with E-state index in [2.05, 4.69) is 26.3 Å². The number of aromatic nitrogens is 3. The van der Waals surface area contributed by atoms with Crippen molar-refractivity contribution in [3.05, 3.63) is 66.2 Å². The Bertz CT molecular complexity index is 1070. The highest BCUT2D eigenvalue weighted by Crippen LogP contribution is 2.40. The number of hydrogen-bond donors (Lipinski definition) is 1. The van der Waals surface area contributed by atoms with Gasteiger partial charge in [0, 0.05) is 49.5 Å². The lowest BCUT2D eigenvalue weighted by atomic mass is 10.1. The first-order chi connectivity index (χ1) is 14.7. The number of amides is 2. The molecule has 1 saturated heterocycles. The lowest BCUT2D eigenvalue weighted by Gasteiger charge is -2.36. The molecular weight excluding hydrogens is 376 g/mol. The molecule has 1 atom stereocenters. The first-order valence-corrected chi connectivity index (χ1v) is 10.3. The molecular formula is C23H24N6O. The first-order valence-electron chi connectivity index (χ1n) is 10.3. The van der Waals surface area contributed by atoms with E-state index in [1.54, 1.807) is 12.4 Å². The van der Waals surface area contributed by atoms with Crippen LogP contribution in [0.5, 0.6) is 0 Å². The molecule has 2 bridgehead atoms. The summed E-state index contributed by atoms with van der Waals surface area (Å²) >= 11 is 0. The molecule has 2 aliphatic heterocycles. The number of rotatable bonds is 4. The molecule has 0 radical (unpaired) electrons. The molecule has 5 heterocycles. The Morgan fingerprint density at radius 1 is 1.23 bits per heavy atom. The van der Waals surface area contributed by atoms with E-state index in [0.29, 0.717) is 6.54 Å². The van der Waals surface area contributed by atoms with Crippen LogP contribution < -0.4 is 15.1 Å². The average molecular weight is 400 g/mol. The van der Waals surface area contributed by atoms with E-state index >= 15 is 0 Å². The van der Waals surface area contributed by atoms with Crippen molar-refractivity contribution in [2.24, 2.45) is 0 Å². The molecule has 30 heavy (non-hydrogen) atoms. The number of carbonyl (C=O) groups is 1. The van der Waals surface area contributed by atoms with Gasteiger partial charge in [0.1, 0.15) is 0 Å². The minimum absolute atomic E-state index is 0.0813. The van der Waals surface area contributed by atoms with E-state index < -0.39 is 0 Å². The van der Waals surface area contributed by atoms with E-state index in [-0.39, 0.29) is 12.1 Å². The maximum atomic E-state index is 13.2. The van der Waals surface area contributed by atoms with E-state index in [0.717, 1.165) is 60.0 Å². The quantitative estimate of drug-likeness (QED) is 0.728. The van der Waals surface area contributed by atoms with Crippen LogP contribution in [0.25, 0.3) is 11.3 Å². The summed E-state index contributed by atoms with van der Waals surface area (Å²) < 4.78 is 0. The van der Waals surface area contributed by atoms with Crippen molar-refractivity contribution in [1.29, 1.82) is 0 Å². The van der Waals surface area contributed by atoms with Crippen LogP contribution in [0.3, 0.4) is 0 Å². The summed E-state index contributed by atoms with van der Waals surface area (Å²) in [5, 5.41) is 3.08. The zero-order valence-electron chi connectivity index (χ0n) is 17.0. The fraction of sp³-hybridized carbons (Fsp3) is 0.304. The number of anilines is 2. The van der Waals surface area contributed by atoms with Crippen molar-refractivity contribution in [2.75, 3.05) is 29.4 Å². The third-order valence-electron chi connectivity index (χ3n) is 5.78. The Morgan fingerprint density at radius 2 is 2.17 bits per heavy atom. The highest BCUT2D eigenvalue weighted by atomic mass is 16.2. The second-order valence-corrected chi connectivity index (χ2v) is 7.83. The van der Waals surface area contributed by atoms with Gasteiger partial charge in [-0.05, 0) is 55.7 Å². The van der Waals surface area contributed by atoms with Gasteiger partial charge in [-0.25, -0.2) is 9.78 Å². The molecule has 1 fully saturated rings. The molecule has 2 aliphatic rings. The fourth-order valence-electron chi connectivity index (χ4n) is 4.28. The lowest BCUT2D eigenvalue weighted by molar-refractivity contribution is 0.244. The van der Waals surface area contributed by atoms with Crippen molar-refractivity contribution in [3.8, 4) is 11.3 Å². The van der Waals surface area contributed by atoms with Crippen LogP contribution in [0, 0.1) is 6.92 Å². The van der Waals surface area contributed by atoms with Crippen molar-refractivity contribution >= 4 is 17.5 Å². The molecule has 152 valence electrons. The topological polar surface area (TPSA) is 74.2 Å². The van der Waals surface area contributed by atoms with Gasteiger partial charge in [-0.2, -0.15) is 0 Å². The first kappa shape index (κ1) is 18.5. The normalized spacial score (nSPS) is 17.0. The number of urea groups is 1. The number of pyridine rings is 3. The van der Waals surface area contributed by atoms with Crippen LogP contribution in [0.15, 0.2) is 55.0 Å². The Balaban J connectivity index is 1.40. The van der Waals surface area contributed by atoms with Crippen LogP contribution in [-0.2, 0) is 6.42 Å². The second kappa shape index (κ2) is 7.74. The van der Waals surface area contributed by atoms with Crippen molar-refractivity contribution in [2.45, 2.75) is 25.8 Å². The van der Waals surface area contributed by atoms with E-state index in [1.165, 1.54) is 0 Å². The highest BCUT2D eigenvalue weighted by molar-refractivity contribution is 5.97.